The van der Waals surface area contributed by atoms with E-state index in [1.165, 1.54) is 7.11 Å². The summed E-state index contributed by atoms with van der Waals surface area (Å²) in [4.78, 5) is 13.2. The van der Waals surface area contributed by atoms with E-state index in [9.17, 15) is 13.2 Å². The highest BCUT2D eigenvalue weighted by molar-refractivity contribution is 7.92. The van der Waals surface area contributed by atoms with Gasteiger partial charge in [-0.2, -0.15) is 0 Å². The predicted octanol–water partition coefficient (Wildman–Crippen LogP) is 4.04. The number of benzene rings is 2. The third-order valence-corrected chi connectivity index (χ3v) is 6.41. The highest BCUT2D eigenvalue weighted by Crippen LogP contribution is 2.33. The van der Waals surface area contributed by atoms with Crippen molar-refractivity contribution in [2.75, 3.05) is 17.7 Å². The van der Waals surface area contributed by atoms with E-state index in [2.05, 4.69) is 11.4 Å². The van der Waals surface area contributed by atoms with Gasteiger partial charge >= 0.3 is 0 Å². The van der Waals surface area contributed by atoms with Crippen molar-refractivity contribution in [3.05, 3.63) is 58.7 Å². The van der Waals surface area contributed by atoms with Crippen molar-refractivity contribution in [3.63, 3.8) is 0 Å². The number of ether oxygens (including phenoxy) is 1. The molecule has 0 aliphatic rings. The van der Waals surface area contributed by atoms with Gasteiger partial charge in [-0.3, -0.25) is 9.10 Å². The zero-order chi connectivity index (χ0) is 22.6. The maximum absolute atomic E-state index is 13.2. The number of amides is 1. The fraction of sp³-hybridized carbons (Fsp3) is 0.435. The summed E-state index contributed by atoms with van der Waals surface area (Å²) in [5.74, 6) is 0.0305. The quantitative estimate of drug-likeness (QED) is 0.683. The number of nitrogens with one attached hydrogen (secondary N) is 1. The van der Waals surface area contributed by atoms with Crippen LogP contribution in [-0.4, -0.2) is 33.7 Å². The van der Waals surface area contributed by atoms with Crippen molar-refractivity contribution in [1.29, 1.82) is 0 Å². The van der Waals surface area contributed by atoms with Crippen molar-refractivity contribution < 1.29 is 17.9 Å². The zero-order valence-corrected chi connectivity index (χ0v) is 19.6. The Morgan fingerprint density at radius 3 is 2.23 bits per heavy atom. The number of carbonyl (C=O) groups is 1. The molecule has 0 aromatic heterocycles. The van der Waals surface area contributed by atoms with Crippen LogP contribution in [0.1, 0.15) is 48.6 Å². The Balaban J connectivity index is 2.40. The molecule has 1 N–H and O–H groups in total. The lowest BCUT2D eigenvalue weighted by atomic mass is 9.97. The number of hydrogen-bond donors (Lipinski definition) is 1. The summed E-state index contributed by atoms with van der Waals surface area (Å²) < 4.78 is 31.8. The number of anilines is 1. The molecule has 30 heavy (non-hydrogen) atoms. The molecule has 0 radical (unpaired) electrons. The molecule has 2 rings (SSSR count). The third kappa shape index (κ3) is 5.33. The Hall–Kier alpha value is -2.54. The van der Waals surface area contributed by atoms with E-state index in [0.717, 1.165) is 32.8 Å². The molecule has 0 saturated heterocycles. The molecular formula is C23H32N2O4S. The lowest BCUT2D eigenvalue weighted by molar-refractivity contribution is -0.122. The molecule has 6 nitrogen and oxygen atoms in total. The van der Waals surface area contributed by atoms with Crippen LogP contribution in [0.15, 0.2) is 36.4 Å². The van der Waals surface area contributed by atoms with Crippen LogP contribution in [0.5, 0.6) is 5.75 Å². The maximum Gasteiger partial charge on any atom is 0.244 e. The first-order chi connectivity index (χ1) is 14.0. The van der Waals surface area contributed by atoms with Crippen LogP contribution in [0.2, 0.25) is 0 Å². The lowest BCUT2D eigenvalue weighted by Crippen LogP contribution is -2.48. The average Bonchev–Trinajstić information content (AvgIpc) is 2.65. The normalized spacial score (nSPS) is 13.4. The highest BCUT2D eigenvalue weighted by Gasteiger charge is 2.32. The van der Waals surface area contributed by atoms with Crippen LogP contribution < -0.4 is 14.4 Å². The lowest BCUT2D eigenvalue weighted by Gasteiger charge is -2.31. The van der Waals surface area contributed by atoms with E-state index in [1.807, 2.05) is 45.9 Å². The second kappa shape index (κ2) is 9.51. The molecule has 1 amide bonds. The minimum atomic E-state index is -3.74. The minimum absolute atomic E-state index is 0.207. The van der Waals surface area contributed by atoms with Crippen LogP contribution in [0.3, 0.4) is 0 Å². The van der Waals surface area contributed by atoms with E-state index in [4.69, 9.17) is 4.74 Å². The first kappa shape index (κ1) is 23.7. The number of methoxy groups -OCH3 is 1. The number of hydrogen-bond acceptors (Lipinski definition) is 4. The first-order valence-corrected chi connectivity index (χ1v) is 11.9. The average molecular weight is 433 g/mol. The van der Waals surface area contributed by atoms with Gasteiger partial charge in [0.05, 0.1) is 25.1 Å². The predicted molar refractivity (Wildman–Crippen MR) is 122 cm³/mol. The Morgan fingerprint density at radius 2 is 1.70 bits per heavy atom. The molecule has 2 unspecified atom stereocenters. The monoisotopic (exact) mass is 432 g/mol. The second-order valence-corrected chi connectivity index (χ2v) is 9.60. The molecule has 7 heteroatoms. The molecule has 164 valence electrons. The van der Waals surface area contributed by atoms with Gasteiger partial charge in [0.1, 0.15) is 11.8 Å². The summed E-state index contributed by atoms with van der Waals surface area (Å²) in [6.07, 6.45) is 1.79. The second-order valence-electron chi connectivity index (χ2n) is 7.74. The molecule has 2 atom stereocenters. The molecule has 0 saturated carbocycles. The zero-order valence-electron chi connectivity index (χ0n) is 18.8. The van der Waals surface area contributed by atoms with Crippen LogP contribution in [0.25, 0.3) is 0 Å². The minimum Gasteiger partial charge on any atom is -0.495 e. The maximum atomic E-state index is 13.2. The summed E-state index contributed by atoms with van der Waals surface area (Å²) >= 11 is 0. The number of sulfonamides is 1. The first-order valence-electron chi connectivity index (χ1n) is 10.0. The summed E-state index contributed by atoms with van der Waals surface area (Å²) in [5.41, 5.74) is 4.49. The van der Waals surface area contributed by atoms with E-state index in [-0.39, 0.29) is 11.9 Å². The van der Waals surface area contributed by atoms with Gasteiger partial charge in [0, 0.05) is 0 Å². The molecule has 2 aromatic rings. The number of carbonyl (C=O) groups excluding carboxylic acids is 1. The largest absolute Gasteiger partial charge is 0.495 e. The van der Waals surface area contributed by atoms with Crippen LogP contribution in [0.4, 0.5) is 5.69 Å². The SMILES string of the molecule is CCC(NC(=O)C(C)N(c1cc(C)ccc1OC)S(C)(=O)=O)c1ccc(C)cc1C. The Kier molecular flexibility index (Phi) is 7.53. The van der Waals surface area contributed by atoms with Gasteiger partial charge < -0.3 is 10.1 Å². The van der Waals surface area contributed by atoms with E-state index in [0.29, 0.717) is 17.9 Å². The van der Waals surface area contributed by atoms with Gasteiger partial charge in [-0.25, -0.2) is 8.42 Å². The van der Waals surface area contributed by atoms with E-state index < -0.39 is 16.1 Å². The van der Waals surface area contributed by atoms with E-state index >= 15 is 0 Å². The van der Waals surface area contributed by atoms with Crippen molar-refractivity contribution >= 4 is 21.6 Å². The molecular weight excluding hydrogens is 400 g/mol. The van der Waals surface area contributed by atoms with Gasteiger partial charge in [-0.15, -0.1) is 0 Å². The standard InChI is InChI=1S/C23H32N2O4S/c1-8-20(19-11-9-15(2)13-17(19)4)24-23(26)18(5)25(30(7,27)28)21-14-16(3)10-12-22(21)29-6/h9-14,18,20H,8H2,1-7H3,(H,24,26). The third-order valence-electron chi connectivity index (χ3n) is 5.19. The van der Waals surface area contributed by atoms with Crippen LogP contribution in [0, 0.1) is 20.8 Å². The Morgan fingerprint density at radius 1 is 1.10 bits per heavy atom. The summed E-state index contributed by atoms with van der Waals surface area (Å²) in [6.45, 7) is 9.49. The van der Waals surface area contributed by atoms with Crippen LogP contribution in [-0.2, 0) is 14.8 Å². The van der Waals surface area contributed by atoms with Gasteiger partial charge in [0.25, 0.3) is 0 Å². The fourth-order valence-electron chi connectivity index (χ4n) is 3.66. The molecule has 0 aliphatic heterocycles. The van der Waals surface area contributed by atoms with Gasteiger partial charge in [-0.1, -0.05) is 36.8 Å². The molecule has 0 aliphatic carbocycles. The summed E-state index contributed by atoms with van der Waals surface area (Å²) in [6, 6.07) is 10.2. The van der Waals surface area contributed by atoms with Gasteiger partial charge in [-0.05, 0) is 62.9 Å². The number of rotatable bonds is 8. The van der Waals surface area contributed by atoms with E-state index in [1.54, 1.807) is 19.1 Å². The number of aryl methyl sites for hydroxylation is 3. The number of nitrogens with zero attached hydrogens (tertiary/aromatic N) is 1. The van der Waals surface area contributed by atoms with Crippen molar-refractivity contribution in [1.82, 2.24) is 5.32 Å². The van der Waals surface area contributed by atoms with Gasteiger partial charge in [0.2, 0.25) is 15.9 Å². The molecule has 0 spiro atoms. The molecule has 0 bridgehead atoms. The molecule has 2 aromatic carbocycles. The Labute approximate surface area is 180 Å². The smallest absolute Gasteiger partial charge is 0.244 e. The molecule has 0 heterocycles. The fourth-order valence-corrected chi connectivity index (χ4v) is 4.83. The van der Waals surface area contributed by atoms with Crippen molar-refractivity contribution in [2.24, 2.45) is 0 Å². The van der Waals surface area contributed by atoms with Crippen molar-refractivity contribution in [2.45, 2.75) is 53.1 Å². The topological polar surface area (TPSA) is 75.7 Å². The summed E-state index contributed by atoms with van der Waals surface area (Å²) in [7, 11) is -2.26. The van der Waals surface area contributed by atoms with Crippen molar-refractivity contribution in [3.8, 4) is 5.75 Å². The summed E-state index contributed by atoms with van der Waals surface area (Å²) in [5, 5.41) is 3.03. The molecule has 0 fully saturated rings. The van der Waals surface area contributed by atoms with Crippen LogP contribution >= 0.6 is 0 Å². The Bertz CT molecular complexity index is 1020. The highest BCUT2D eigenvalue weighted by atomic mass is 32.2. The van der Waals surface area contributed by atoms with Gasteiger partial charge in [0.15, 0.2) is 0 Å².